The topological polar surface area (TPSA) is 59.3 Å². The third kappa shape index (κ3) is 3.20. The molecule has 0 radical (unpaired) electrons. The molecule has 1 aliphatic carbocycles. The second kappa shape index (κ2) is 5.51. The molecule has 1 fully saturated rings. The standard InChI is InChI=1S/C12H21N3O2/c1-9-11(8-13-10-4-5-10)12(15(2)14-9)17-7-3-6-16/h10,13,16H,3-8H2,1-2H3. The highest BCUT2D eigenvalue weighted by Gasteiger charge is 2.22. The van der Waals surface area contributed by atoms with Gasteiger partial charge in [-0.25, -0.2) is 4.68 Å². The molecule has 1 heterocycles. The molecule has 2 rings (SSSR count). The van der Waals surface area contributed by atoms with Crippen LogP contribution < -0.4 is 10.1 Å². The van der Waals surface area contributed by atoms with Crippen molar-refractivity contribution in [3.05, 3.63) is 11.3 Å². The van der Waals surface area contributed by atoms with Crippen molar-refractivity contribution < 1.29 is 9.84 Å². The van der Waals surface area contributed by atoms with Crippen LogP contribution in [0.4, 0.5) is 0 Å². The van der Waals surface area contributed by atoms with Crippen molar-refractivity contribution in [1.29, 1.82) is 0 Å². The normalized spacial score (nSPS) is 15.2. The molecular weight excluding hydrogens is 218 g/mol. The Morgan fingerprint density at radius 2 is 2.29 bits per heavy atom. The lowest BCUT2D eigenvalue weighted by atomic mass is 10.2. The molecule has 5 heteroatoms. The van der Waals surface area contributed by atoms with Crippen molar-refractivity contribution in [1.82, 2.24) is 15.1 Å². The van der Waals surface area contributed by atoms with E-state index in [1.165, 1.54) is 12.8 Å². The van der Waals surface area contributed by atoms with E-state index >= 15 is 0 Å². The molecule has 0 atom stereocenters. The molecule has 1 aliphatic rings. The van der Waals surface area contributed by atoms with Crippen LogP contribution in [0.1, 0.15) is 30.5 Å². The van der Waals surface area contributed by atoms with Gasteiger partial charge in [-0.3, -0.25) is 0 Å². The van der Waals surface area contributed by atoms with E-state index < -0.39 is 0 Å². The van der Waals surface area contributed by atoms with Crippen LogP contribution in [0, 0.1) is 6.92 Å². The summed E-state index contributed by atoms with van der Waals surface area (Å²) in [5.41, 5.74) is 2.15. The lowest BCUT2D eigenvalue weighted by Gasteiger charge is -2.09. The predicted molar refractivity (Wildman–Crippen MR) is 65.0 cm³/mol. The smallest absolute Gasteiger partial charge is 0.216 e. The minimum Gasteiger partial charge on any atom is -0.478 e. The molecule has 1 aromatic rings. The Hall–Kier alpha value is -1.07. The highest BCUT2D eigenvalue weighted by Crippen LogP contribution is 2.24. The van der Waals surface area contributed by atoms with Gasteiger partial charge in [0.2, 0.25) is 5.88 Å². The van der Waals surface area contributed by atoms with Crippen molar-refractivity contribution >= 4 is 0 Å². The van der Waals surface area contributed by atoms with Crippen LogP contribution in [0.15, 0.2) is 0 Å². The van der Waals surface area contributed by atoms with Gasteiger partial charge in [0.15, 0.2) is 0 Å². The zero-order valence-electron chi connectivity index (χ0n) is 10.6. The Bertz CT molecular complexity index is 372. The Morgan fingerprint density at radius 3 is 2.94 bits per heavy atom. The lowest BCUT2D eigenvalue weighted by molar-refractivity contribution is 0.222. The summed E-state index contributed by atoms with van der Waals surface area (Å²) in [6, 6.07) is 0.680. The third-order valence-electron chi connectivity index (χ3n) is 2.97. The zero-order valence-corrected chi connectivity index (χ0v) is 10.6. The van der Waals surface area contributed by atoms with Crippen LogP contribution in [0.5, 0.6) is 5.88 Å². The van der Waals surface area contributed by atoms with Crippen molar-refractivity contribution in [2.45, 2.75) is 38.8 Å². The summed E-state index contributed by atoms with van der Waals surface area (Å²) >= 11 is 0. The largest absolute Gasteiger partial charge is 0.478 e. The molecule has 0 amide bonds. The van der Waals surface area contributed by atoms with E-state index in [1.807, 2.05) is 14.0 Å². The molecule has 17 heavy (non-hydrogen) atoms. The van der Waals surface area contributed by atoms with Crippen LogP contribution in [0.2, 0.25) is 0 Å². The summed E-state index contributed by atoms with van der Waals surface area (Å²) < 4.78 is 7.46. The number of rotatable bonds is 7. The third-order valence-corrected chi connectivity index (χ3v) is 2.97. The number of nitrogens with one attached hydrogen (secondary N) is 1. The van der Waals surface area contributed by atoms with E-state index in [-0.39, 0.29) is 6.61 Å². The molecule has 0 saturated heterocycles. The monoisotopic (exact) mass is 239 g/mol. The fourth-order valence-corrected chi connectivity index (χ4v) is 1.83. The van der Waals surface area contributed by atoms with E-state index in [0.29, 0.717) is 19.1 Å². The number of ether oxygens (including phenoxy) is 1. The van der Waals surface area contributed by atoms with Gasteiger partial charge in [0.1, 0.15) is 0 Å². The average Bonchev–Trinajstić information content (AvgIpc) is 3.06. The molecule has 0 bridgehead atoms. The molecular formula is C12H21N3O2. The summed E-state index contributed by atoms with van der Waals surface area (Å²) in [6.45, 7) is 3.51. The summed E-state index contributed by atoms with van der Waals surface area (Å²) in [5, 5.41) is 16.6. The van der Waals surface area contributed by atoms with Crippen LogP contribution in [0.25, 0.3) is 0 Å². The highest BCUT2D eigenvalue weighted by atomic mass is 16.5. The van der Waals surface area contributed by atoms with Crippen LogP contribution in [-0.2, 0) is 13.6 Å². The van der Waals surface area contributed by atoms with Gasteiger partial charge < -0.3 is 15.2 Å². The van der Waals surface area contributed by atoms with Gasteiger partial charge in [-0.05, 0) is 19.8 Å². The van der Waals surface area contributed by atoms with E-state index in [0.717, 1.165) is 23.7 Å². The first kappa shape index (κ1) is 12.4. The minimum atomic E-state index is 0.159. The maximum atomic E-state index is 8.76. The Labute approximate surface area is 102 Å². The molecule has 0 unspecified atom stereocenters. The fraction of sp³-hybridized carbons (Fsp3) is 0.750. The van der Waals surface area contributed by atoms with Gasteiger partial charge >= 0.3 is 0 Å². The van der Waals surface area contributed by atoms with Gasteiger partial charge in [0.05, 0.1) is 17.9 Å². The Balaban J connectivity index is 1.99. The fourth-order valence-electron chi connectivity index (χ4n) is 1.83. The number of hydrogen-bond acceptors (Lipinski definition) is 4. The Kier molecular flexibility index (Phi) is 4.02. The summed E-state index contributed by atoms with van der Waals surface area (Å²) in [5.74, 6) is 0.823. The second-order valence-corrected chi connectivity index (χ2v) is 4.57. The summed E-state index contributed by atoms with van der Waals surface area (Å²) in [7, 11) is 1.89. The molecule has 1 aromatic heterocycles. The van der Waals surface area contributed by atoms with Crippen molar-refractivity contribution in [3.8, 4) is 5.88 Å². The summed E-state index contributed by atoms with van der Waals surface area (Å²) in [4.78, 5) is 0. The number of hydrogen-bond donors (Lipinski definition) is 2. The molecule has 96 valence electrons. The van der Waals surface area contributed by atoms with Gasteiger partial charge in [-0.15, -0.1) is 0 Å². The van der Waals surface area contributed by atoms with Gasteiger partial charge in [0.25, 0.3) is 0 Å². The second-order valence-electron chi connectivity index (χ2n) is 4.57. The van der Waals surface area contributed by atoms with Crippen molar-refractivity contribution in [2.24, 2.45) is 7.05 Å². The van der Waals surface area contributed by atoms with Gasteiger partial charge in [-0.1, -0.05) is 0 Å². The molecule has 1 saturated carbocycles. The van der Waals surface area contributed by atoms with Crippen molar-refractivity contribution in [3.63, 3.8) is 0 Å². The van der Waals surface area contributed by atoms with E-state index in [9.17, 15) is 0 Å². The maximum Gasteiger partial charge on any atom is 0.216 e. The predicted octanol–water partition coefficient (Wildman–Crippen LogP) is 0.742. The van der Waals surface area contributed by atoms with Gasteiger partial charge in [0, 0.05) is 32.7 Å². The molecule has 5 nitrogen and oxygen atoms in total. The van der Waals surface area contributed by atoms with E-state index in [1.54, 1.807) is 4.68 Å². The quantitative estimate of drug-likeness (QED) is 0.689. The number of aryl methyl sites for hydroxylation is 2. The van der Waals surface area contributed by atoms with E-state index in [2.05, 4.69) is 10.4 Å². The first-order valence-corrected chi connectivity index (χ1v) is 6.22. The highest BCUT2D eigenvalue weighted by molar-refractivity contribution is 5.31. The number of nitrogens with zero attached hydrogens (tertiary/aromatic N) is 2. The van der Waals surface area contributed by atoms with E-state index in [4.69, 9.17) is 9.84 Å². The van der Waals surface area contributed by atoms with Crippen LogP contribution >= 0.6 is 0 Å². The minimum absolute atomic E-state index is 0.159. The maximum absolute atomic E-state index is 8.76. The van der Waals surface area contributed by atoms with Gasteiger partial charge in [-0.2, -0.15) is 5.10 Å². The zero-order chi connectivity index (χ0) is 12.3. The lowest BCUT2D eigenvalue weighted by Crippen LogP contribution is -2.16. The SMILES string of the molecule is Cc1nn(C)c(OCCCO)c1CNC1CC1. The molecule has 0 spiro atoms. The number of aliphatic hydroxyl groups is 1. The first-order chi connectivity index (χ1) is 8.22. The molecule has 2 N–H and O–H groups in total. The molecule has 0 aromatic carbocycles. The van der Waals surface area contributed by atoms with Crippen LogP contribution in [0.3, 0.4) is 0 Å². The van der Waals surface area contributed by atoms with Crippen LogP contribution in [-0.4, -0.2) is 34.1 Å². The summed E-state index contributed by atoms with van der Waals surface area (Å²) in [6.07, 6.45) is 3.21. The Morgan fingerprint density at radius 1 is 1.53 bits per heavy atom. The first-order valence-electron chi connectivity index (χ1n) is 6.22. The number of aliphatic hydroxyl groups excluding tert-OH is 1. The average molecular weight is 239 g/mol. The molecule has 0 aliphatic heterocycles. The number of aromatic nitrogens is 2. The van der Waals surface area contributed by atoms with Crippen molar-refractivity contribution in [2.75, 3.05) is 13.2 Å².